The molecule has 5 heteroatoms. The fourth-order valence-corrected chi connectivity index (χ4v) is 3.40. The van der Waals surface area contributed by atoms with Crippen LogP contribution in [0.1, 0.15) is 34.7 Å². The number of aromatic amines is 1. The number of ether oxygens (including phenoxy) is 1. The SMILES string of the molecule is O=C(N[C@@H](Cc1ncc[nH]1)c1ccccc1)[C@H]1OCCc2ccccc21. The summed E-state index contributed by atoms with van der Waals surface area (Å²) >= 11 is 0. The molecule has 2 N–H and O–H groups in total. The minimum absolute atomic E-state index is 0.113. The average molecular weight is 347 g/mol. The lowest BCUT2D eigenvalue weighted by Crippen LogP contribution is -2.37. The summed E-state index contributed by atoms with van der Waals surface area (Å²) in [5, 5.41) is 3.16. The maximum absolute atomic E-state index is 13.0. The van der Waals surface area contributed by atoms with E-state index in [-0.39, 0.29) is 11.9 Å². The maximum atomic E-state index is 13.0. The average Bonchev–Trinajstić information content (AvgIpc) is 3.21. The Kier molecular flexibility index (Phi) is 4.80. The van der Waals surface area contributed by atoms with Crippen molar-refractivity contribution in [3.63, 3.8) is 0 Å². The third-order valence-corrected chi connectivity index (χ3v) is 4.70. The van der Waals surface area contributed by atoms with Gasteiger partial charge in [0.05, 0.1) is 12.6 Å². The number of rotatable bonds is 5. The number of imidazole rings is 1. The van der Waals surface area contributed by atoms with Crippen LogP contribution in [0.3, 0.4) is 0 Å². The van der Waals surface area contributed by atoms with Gasteiger partial charge >= 0.3 is 0 Å². The quantitative estimate of drug-likeness (QED) is 0.745. The number of hydrogen-bond acceptors (Lipinski definition) is 3. The largest absolute Gasteiger partial charge is 0.363 e. The molecule has 3 aromatic rings. The van der Waals surface area contributed by atoms with E-state index in [9.17, 15) is 4.79 Å². The summed E-state index contributed by atoms with van der Waals surface area (Å²) in [6.45, 7) is 0.559. The van der Waals surface area contributed by atoms with Crippen LogP contribution in [0.4, 0.5) is 0 Å². The smallest absolute Gasteiger partial charge is 0.254 e. The Balaban J connectivity index is 1.57. The minimum atomic E-state index is -0.567. The van der Waals surface area contributed by atoms with Gasteiger partial charge in [-0.1, -0.05) is 54.6 Å². The molecule has 0 saturated carbocycles. The van der Waals surface area contributed by atoms with E-state index < -0.39 is 6.10 Å². The van der Waals surface area contributed by atoms with E-state index in [4.69, 9.17) is 4.74 Å². The Morgan fingerprint density at radius 2 is 2.00 bits per heavy atom. The zero-order valence-corrected chi connectivity index (χ0v) is 14.4. The van der Waals surface area contributed by atoms with Gasteiger partial charge in [-0.3, -0.25) is 4.79 Å². The number of nitrogens with zero attached hydrogens (tertiary/aromatic N) is 1. The zero-order valence-electron chi connectivity index (χ0n) is 14.4. The summed E-state index contributed by atoms with van der Waals surface area (Å²) < 4.78 is 5.80. The molecule has 1 aliphatic rings. The molecule has 0 saturated heterocycles. The lowest BCUT2D eigenvalue weighted by molar-refractivity contribution is -0.134. The van der Waals surface area contributed by atoms with E-state index in [1.807, 2.05) is 48.5 Å². The molecule has 1 amide bonds. The number of nitrogens with one attached hydrogen (secondary N) is 2. The molecule has 5 nitrogen and oxygen atoms in total. The molecule has 0 unspecified atom stereocenters. The number of amides is 1. The summed E-state index contributed by atoms with van der Waals surface area (Å²) in [7, 11) is 0. The highest BCUT2D eigenvalue weighted by Crippen LogP contribution is 2.28. The van der Waals surface area contributed by atoms with Crippen molar-refractivity contribution in [3.05, 3.63) is 89.5 Å². The highest BCUT2D eigenvalue weighted by atomic mass is 16.5. The number of hydrogen-bond donors (Lipinski definition) is 2. The highest BCUT2D eigenvalue weighted by Gasteiger charge is 2.29. The van der Waals surface area contributed by atoms with Gasteiger partial charge < -0.3 is 15.0 Å². The van der Waals surface area contributed by atoms with Gasteiger partial charge in [0.25, 0.3) is 5.91 Å². The van der Waals surface area contributed by atoms with Gasteiger partial charge in [0.1, 0.15) is 5.82 Å². The van der Waals surface area contributed by atoms with Crippen LogP contribution < -0.4 is 5.32 Å². The molecule has 2 heterocycles. The predicted molar refractivity (Wildman–Crippen MR) is 98.5 cm³/mol. The van der Waals surface area contributed by atoms with Crippen LogP contribution in [-0.2, 0) is 22.4 Å². The molecule has 1 aromatic heterocycles. The normalized spacial score (nSPS) is 17.3. The Bertz CT molecular complexity index is 862. The van der Waals surface area contributed by atoms with E-state index >= 15 is 0 Å². The Labute approximate surface area is 152 Å². The third kappa shape index (κ3) is 3.53. The molecule has 0 aliphatic carbocycles. The molecule has 0 bridgehead atoms. The number of aromatic nitrogens is 2. The van der Waals surface area contributed by atoms with Crippen molar-refractivity contribution in [1.29, 1.82) is 0 Å². The lowest BCUT2D eigenvalue weighted by atomic mass is 9.96. The Hall–Kier alpha value is -2.92. The molecular weight excluding hydrogens is 326 g/mol. The van der Waals surface area contributed by atoms with Crippen LogP contribution in [0.25, 0.3) is 0 Å². The topological polar surface area (TPSA) is 67.0 Å². The lowest BCUT2D eigenvalue weighted by Gasteiger charge is -2.27. The minimum Gasteiger partial charge on any atom is -0.363 e. The van der Waals surface area contributed by atoms with Crippen LogP contribution in [0.5, 0.6) is 0 Å². The third-order valence-electron chi connectivity index (χ3n) is 4.70. The van der Waals surface area contributed by atoms with Gasteiger partial charge in [0.2, 0.25) is 0 Å². The van der Waals surface area contributed by atoms with Crippen molar-refractivity contribution in [1.82, 2.24) is 15.3 Å². The molecule has 26 heavy (non-hydrogen) atoms. The highest BCUT2D eigenvalue weighted by molar-refractivity contribution is 5.83. The molecule has 132 valence electrons. The fraction of sp³-hybridized carbons (Fsp3) is 0.238. The van der Waals surface area contributed by atoms with Crippen molar-refractivity contribution in [2.75, 3.05) is 6.61 Å². The van der Waals surface area contributed by atoms with E-state index in [1.54, 1.807) is 12.4 Å². The van der Waals surface area contributed by atoms with E-state index in [0.717, 1.165) is 23.4 Å². The van der Waals surface area contributed by atoms with Crippen molar-refractivity contribution < 1.29 is 9.53 Å². The number of benzene rings is 2. The zero-order chi connectivity index (χ0) is 17.8. The molecule has 0 spiro atoms. The first-order valence-electron chi connectivity index (χ1n) is 8.84. The summed E-state index contributed by atoms with van der Waals surface area (Å²) in [5.74, 6) is 0.724. The first-order valence-corrected chi connectivity index (χ1v) is 8.84. The van der Waals surface area contributed by atoms with E-state index in [2.05, 4.69) is 21.4 Å². The summed E-state index contributed by atoms with van der Waals surface area (Å²) in [5.41, 5.74) is 3.18. The summed E-state index contributed by atoms with van der Waals surface area (Å²) in [4.78, 5) is 20.4. The first kappa shape index (κ1) is 16.5. The van der Waals surface area contributed by atoms with Crippen LogP contribution in [0.15, 0.2) is 67.0 Å². The first-order chi connectivity index (χ1) is 12.8. The van der Waals surface area contributed by atoms with Crippen LogP contribution in [-0.4, -0.2) is 22.5 Å². The van der Waals surface area contributed by atoms with E-state index in [1.165, 1.54) is 5.56 Å². The second-order valence-corrected chi connectivity index (χ2v) is 6.41. The van der Waals surface area contributed by atoms with Crippen molar-refractivity contribution >= 4 is 5.91 Å². The Morgan fingerprint density at radius 1 is 1.19 bits per heavy atom. The molecule has 4 rings (SSSR count). The second-order valence-electron chi connectivity index (χ2n) is 6.41. The van der Waals surface area contributed by atoms with Gasteiger partial charge in [-0.25, -0.2) is 4.98 Å². The molecule has 0 radical (unpaired) electrons. The number of fused-ring (bicyclic) bond motifs is 1. The monoisotopic (exact) mass is 347 g/mol. The summed E-state index contributed by atoms with van der Waals surface area (Å²) in [6.07, 6.45) is 4.38. The molecule has 2 aromatic carbocycles. The second kappa shape index (κ2) is 7.54. The number of carbonyl (C=O) groups is 1. The van der Waals surface area contributed by atoms with Crippen LogP contribution >= 0.6 is 0 Å². The van der Waals surface area contributed by atoms with Crippen molar-refractivity contribution in [2.45, 2.75) is 25.0 Å². The molecular formula is C21H21N3O2. The maximum Gasteiger partial charge on any atom is 0.254 e. The molecule has 1 aliphatic heterocycles. The van der Waals surface area contributed by atoms with E-state index in [0.29, 0.717) is 13.0 Å². The van der Waals surface area contributed by atoms with Gasteiger partial charge in [-0.15, -0.1) is 0 Å². The summed E-state index contributed by atoms with van der Waals surface area (Å²) in [6, 6.07) is 17.8. The van der Waals surface area contributed by atoms with Gasteiger partial charge in [-0.05, 0) is 23.1 Å². The molecule has 0 fully saturated rings. The van der Waals surface area contributed by atoms with Crippen molar-refractivity contribution in [3.8, 4) is 0 Å². The van der Waals surface area contributed by atoms with Gasteiger partial charge in [0.15, 0.2) is 6.10 Å². The van der Waals surface area contributed by atoms with Crippen LogP contribution in [0, 0.1) is 0 Å². The van der Waals surface area contributed by atoms with Crippen LogP contribution in [0.2, 0.25) is 0 Å². The number of carbonyl (C=O) groups excluding carboxylic acids is 1. The molecule has 2 atom stereocenters. The fourth-order valence-electron chi connectivity index (χ4n) is 3.40. The number of H-pyrrole nitrogens is 1. The predicted octanol–water partition coefficient (Wildman–Crippen LogP) is 3.12. The van der Waals surface area contributed by atoms with Gasteiger partial charge in [-0.2, -0.15) is 0 Å². The van der Waals surface area contributed by atoms with Gasteiger partial charge in [0, 0.05) is 18.8 Å². The van der Waals surface area contributed by atoms with Crippen molar-refractivity contribution in [2.24, 2.45) is 0 Å². The standard InChI is InChI=1S/C21H21N3O2/c25-21(20-17-9-5-4-6-15(17)10-13-26-20)24-18(14-19-22-11-12-23-19)16-7-2-1-3-8-16/h1-9,11-12,18,20H,10,13-14H2,(H,22,23)(H,24,25)/t18-,20-/m0/s1. The Morgan fingerprint density at radius 3 is 2.81 bits per heavy atom.